The Morgan fingerprint density at radius 1 is 0.972 bits per heavy atom. The fourth-order valence-electron chi connectivity index (χ4n) is 3.75. The molecule has 0 aliphatic carbocycles. The van der Waals surface area contributed by atoms with E-state index in [4.69, 9.17) is 5.11 Å². The third-order valence-electron chi connectivity index (χ3n) is 5.56. The van der Waals surface area contributed by atoms with Gasteiger partial charge in [0, 0.05) is 23.1 Å². The van der Waals surface area contributed by atoms with Crippen LogP contribution in [0.4, 0.5) is 22.0 Å². The third-order valence-corrected chi connectivity index (χ3v) is 6.72. The summed E-state index contributed by atoms with van der Waals surface area (Å²) >= 11 is 1.12. The fraction of sp³-hybridized carbons (Fsp3) is 0.154. The molecule has 4 nitrogen and oxygen atoms in total. The van der Waals surface area contributed by atoms with E-state index in [9.17, 15) is 32.0 Å². The number of aromatic nitrogens is 1. The summed E-state index contributed by atoms with van der Waals surface area (Å²) in [6.07, 6.45) is -4.49. The zero-order valence-electron chi connectivity index (χ0n) is 18.4. The Hall–Kier alpha value is -3.81. The summed E-state index contributed by atoms with van der Waals surface area (Å²) in [5, 5.41) is 18.4. The number of halogens is 5. The SMILES string of the molecule is N#Cc1c(C(F)(F)F)cc(-c2ccc(-c3ccc(CCO)cc3)s2)n(Cc2ccc(F)cc2F)c1=O. The smallest absolute Gasteiger partial charge is 0.396 e. The van der Waals surface area contributed by atoms with Crippen molar-refractivity contribution in [3.05, 3.63) is 105 Å². The lowest BCUT2D eigenvalue weighted by molar-refractivity contribution is -0.137. The number of alkyl halides is 3. The molecule has 2 aromatic carbocycles. The highest BCUT2D eigenvalue weighted by molar-refractivity contribution is 7.18. The summed E-state index contributed by atoms with van der Waals surface area (Å²) in [6, 6.07) is 15.2. The van der Waals surface area contributed by atoms with Crippen LogP contribution in [0.3, 0.4) is 0 Å². The van der Waals surface area contributed by atoms with Crippen LogP contribution < -0.4 is 5.56 Å². The molecule has 0 saturated heterocycles. The van der Waals surface area contributed by atoms with Gasteiger partial charge in [-0.3, -0.25) is 4.79 Å². The first kappa shape index (κ1) is 25.3. The van der Waals surface area contributed by atoms with Gasteiger partial charge in [0.25, 0.3) is 5.56 Å². The molecular formula is C26H17F5N2O2S. The van der Waals surface area contributed by atoms with E-state index in [-0.39, 0.29) is 17.9 Å². The van der Waals surface area contributed by atoms with Crippen LogP contribution in [-0.4, -0.2) is 16.3 Å². The van der Waals surface area contributed by atoms with E-state index in [1.807, 2.05) is 24.3 Å². The lowest BCUT2D eigenvalue weighted by Gasteiger charge is -2.17. The summed E-state index contributed by atoms with van der Waals surface area (Å²) in [4.78, 5) is 14.0. The average molecular weight is 516 g/mol. The van der Waals surface area contributed by atoms with Crippen LogP contribution in [0, 0.1) is 23.0 Å². The minimum atomic E-state index is -4.97. The average Bonchev–Trinajstić information content (AvgIpc) is 3.31. The zero-order chi connectivity index (χ0) is 26.0. The van der Waals surface area contributed by atoms with E-state index in [1.165, 1.54) is 6.07 Å². The van der Waals surface area contributed by atoms with Gasteiger partial charge in [-0.1, -0.05) is 30.3 Å². The van der Waals surface area contributed by atoms with Gasteiger partial charge in [-0.25, -0.2) is 8.78 Å². The molecule has 0 spiro atoms. The lowest BCUT2D eigenvalue weighted by atomic mass is 10.1. The standard InChI is InChI=1S/C26H17F5N2O2S/c27-18-6-5-17(21(28)11-18)14-33-22(12-20(26(29,30)31)19(13-32)25(33)35)24-8-7-23(36-24)16-3-1-15(2-4-16)9-10-34/h1-8,11-12,34H,9-10,14H2. The number of hydrogen-bond acceptors (Lipinski definition) is 4. The molecule has 0 amide bonds. The lowest BCUT2D eigenvalue weighted by Crippen LogP contribution is -2.28. The first-order valence-corrected chi connectivity index (χ1v) is 11.4. The molecule has 4 rings (SSSR count). The molecule has 10 heteroatoms. The number of nitrogens with zero attached hydrogens (tertiary/aromatic N) is 2. The van der Waals surface area contributed by atoms with Gasteiger partial charge < -0.3 is 9.67 Å². The van der Waals surface area contributed by atoms with Crippen molar-refractivity contribution in [2.45, 2.75) is 19.1 Å². The quantitative estimate of drug-likeness (QED) is 0.320. The van der Waals surface area contributed by atoms with Crippen molar-refractivity contribution >= 4 is 11.3 Å². The van der Waals surface area contributed by atoms with Crippen LogP contribution in [-0.2, 0) is 19.1 Å². The Morgan fingerprint density at radius 2 is 1.67 bits per heavy atom. The summed E-state index contributed by atoms with van der Waals surface area (Å²) in [6.45, 7) is -0.509. The maximum absolute atomic E-state index is 14.4. The number of thiophene rings is 1. The Kier molecular flexibility index (Phi) is 7.06. The molecular weight excluding hydrogens is 499 g/mol. The number of nitriles is 1. The monoisotopic (exact) mass is 516 g/mol. The van der Waals surface area contributed by atoms with Crippen LogP contribution >= 0.6 is 11.3 Å². The highest BCUT2D eigenvalue weighted by Gasteiger charge is 2.36. The number of hydrogen-bond donors (Lipinski definition) is 1. The Morgan fingerprint density at radius 3 is 2.28 bits per heavy atom. The molecule has 2 heterocycles. The number of pyridine rings is 1. The van der Waals surface area contributed by atoms with Gasteiger partial charge in [0.1, 0.15) is 23.3 Å². The van der Waals surface area contributed by atoms with Gasteiger partial charge in [-0.15, -0.1) is 11.3 Å². The summed E-state index contributed by atoms with van der Waals surface area (Å²) < 4.78 is 69.8. The Bertz CT molecular complexity index is 1520. The zero-order valence-corrected chi connectivity index (χ0v) is 19.3. The van der Waals surface area contributed by atoms with E-state index in [0.29, 0.717) is 28.3 Å². The third kappa shape index (κ3) is 5.08. The van der Waals surface area contributed by atoms with Gasteiger partial charge in [0.15, 0.2) is 0 Å². The van der Waals surface area contributed by atoms with Gasteiger partial charge in [-0.05, 0) is 41.8 Å². The highest BCUT2D eigenvalue weighted by atomic mass is 32.1. The van der Waals surface area contributed by atoms with E-state index in [1.54, 1.807) is 12.1 Å². The molecule has 4 aromatic rings. The van der Waals surface area contributed by atoms with E-state index in [0.717, 1.165) is 39.2 Å². The molecule has 0 saturated carbocycles. The van der Waals surface area contributed by atoms with E-state index in [2.05, 4.69) is 0 Å². The molecule has 0 fully saturated rings. The number of rotatable bonds is 6. The molecule has 1 N–H and O–H groups in total. The van der Waals surface area contributed by atoms with Crippen molar-refractivity contribution in [2.24, 2.45) is 0 Å². The van der Waals surface area contributed by atoms with Crippen molar-refractivity contribution < 1.29 is 27.1 Å². The van der Waals surface area contributed by atoms with Crippen LogP contribution in [0.1, 0.15) is 22.3 Å². The molecule has 0 unspecified atom stereocenters. The Labute approximate surface area is 206 Å². The molecule has 0 aliphatic rings. The normalized spacial score (nSPS) is 11.5. The van der Waals surface area contributed by atoms with Crippen LogP contribution in [0.25, 0.3) is 21.0 Å². The minimum absolute atomic E-state index is 0.00505. The predicted molar refractivity (Wildman–Crippen MR) is 125 cm³/mol. The first-order valence-electron chi connectivity index (χ1n) is 10.6. The van der Waals surface area contributed by atoms with Crippen molar-refractivity contribution in [2.75, 3.05) is 6.61 Å². The molecule has 0 bridgehead atoms. The second-order valence-electron chi connectivity index (χ2n) is 7.89. The summed E-state index contributed by atoms with van der Waals surface area (Å²) in [5.41, 5.74) is -2.31. The maximum Gasteiger partial charge on any atom is 0.417 e. The van der Waals surface area contributed by atoms with Gasteiger partial charge in [-0.2, -0.15) is 18.4 Å². The van der Waals surface area contributed by atoms with Gasteiger partial charge in [0.05, 0.1) is 22.7 Å². The second kappa shape index (κ2) is 10.0. The maximum atomic E-state index is 14.4. The van der Waals surface area contributed by atoms with Crippen molar-refractivity contribution in [1.82, 2.24) is 4.57 Å². The number of aliphatic hydroxyl groups excluding tert-OH is 1. The molecule has 184 valence electrons. The van der Waals surface area contributed by atoms with E-state index < -0.39 is 41.0 Å². The minimum Gasteiger partial charge on any atom is -0.396 e. The number of benzene rings is 2. The molecule has 0 atom stereocenters. The molecule has 2 aromatic heterocycles. The number of aliphatic hydroxyl groups is 1. The molecule has 0 aliphatic heterocycles. The summed E-state index contributed by atoms with van der Waals surface area (Å²) in [5.74, 6) is -1.82. The Balaban J connectivity index is 1.87. The fourth-order valence-corrected chi connectivity index (χ4v) is 4.79. The van der Waals surface area contributed by atoms with Crippen molar-refractivity contribution in [3.8, 4) is 27.1 Å². The topological polar surface area (TPSA) is 66.0 Å². The first-order chi connectivity index (χ1) is 17.1. The predicted octanol–water partition coefficient (Wildman–Crippen LogP) is 6.00. The van der Waals surface area contributed by atoms with Crippen LogP contribution in [0.2, 0.25) is 0 Å². The van der Waals surface area contributed by atoms with Gasteiger partial charge >= 0.3 is 6.18 Å². The summed E-state index contributed by atoms with van der Waals surface area (Å²) in [7, 11) is 0. The second-order valence-corrected chi connectivity index (χ2v) is 8.97. The molecule has 0 radical (unpaired) electrons. The highest BCUT2D eigenvalue weighted by Crippen LogP contribution is 2.38. The van der Waals surface area contributed by atoms with Crippen LogP contribution in [0.15, 0.2) is 65.5 Å². The molecule has 36 heavy (non-hydrogen) atoms. The largest absolute Gasteiger partial charge is 0.417 e. The van der Waals surface area contributed by atoms with Crippen molar-refractivity contribution in [3.63, 3.8) is 0 Å². The van der Waals surface area contributed by atoms with Crippen LogP contribution in [0.5, 0.6) is 0 Å². The van der Waals surface area contributed by atoms with E-state index >= 15 is 0 Å². The van der Waals surface area contributed by atoms with Crippen molar-refractivity contribution in [1.29, 1.82) is 5.26 Å². The van der Waals surface area contributed by atoms with Gasteiger partial charge in [0.2, 0.25) is 0 Å².